The summed E-state index contributed by atoms with van der Waals surface area (Å²) in [5.74, 6) is 0.191. The van der Waals surface area contributed by atoms with Crippen molar-refractivity contribution in [1.82, 2.24) is 0 Å². The van der Waals surface area contributed by atoms with Gasteiger partial charge >= 0.3 is 5.97 Å². The highest BCUT2D eigenvalue weighted by Crippen LogP contribution is 2.17. The third kappa shape index (κ3) is 19.7. The first-order valence-corrected chi connectivity index (χ1v) is 11.2. The second-order valence-electron chi connectivity index (χ2n) is 7.53. The van der Waals surface area contributed by atoms with Crippen molar-refractivity contribution in [1.29, 1.82) is 0 Å². The summed E-state index contributed by atoms with van der Waals surface area (Å²) in [6, 6.07) is 0. The van der Waals surface area contributed by atoms with Gasteiger partial charge in [-0.3, -0.25) is 9.59 Å². The number of carbonyl (C=O) groups excluding carboxylic acids is 3. The van der Waals surface area contributed by atoms with E-state index in [1.165, 1.54) is 0 Å². The van der Waals surface area contributed by atoms with Gasteiger partial charge < -0.3 is 9.53 Å². The Hall–Kier alpha value is -0.900. The van der Waals surface area contributed by atoms with Crippen molar-refractivity contribution in [2.45, 2.75) is 123 Å². The Morgan fingerprint density at radius 1 is 0.741 bits per heavy atom. The summed E-state index contributed by atoms with van der Waals surface area (Å²) in [6.45, 7) is 3.63. The van der Waals surface area contributed by atoms with Gasteiger partial charge in [-0.15, -0.1) is 0 Å². The lowest BCUT2D eigenvalue weighted by molar-refractivity contribution is -0.149. The van der Waals surface area contributed by atoms with Gasteiger partial charge in [0.2, 0.25) is 5.24 Å². The highest BCUT2D eigenvalue weighted by atomic mass is 35.5. The number of ketones is 1. The van der Waals surface area contributed by atoms with E-state index in [9.17, 15) is 14.4 Å². The zero-order valence-electron chi connectivity index (χ0n) is 17.4. The quantitative estimate of drug-likeness (QED) is 0.140. The van der Waals surface area contributed by atoms with E-state index in [4.69, 9.17) is 16.3 Å². The summed E-state index contributed by atoms with van der Waals surface area (Å²) in [6.07, 6.45) is 14.9. The lowest BCUT2D eigenvalue weighted by Gasteiger charge is -2.18. The van der Waals surface area contributed by atoms with E-state index in [1.807, 2.05) is 6.92 Å². The highest BCUT2D eigenvalue weighted by molar-refractivity contribution is 6.63. The summed E-state index contributed by atoms with van der Waals surface area (Å²) in [7, 11) is 0. The molecule has 0 fully saturated rings. The van der Waals surface area contributed by atoms with Gasteiger partial charge in [0.25, 0.3) is 0 Å². The average molecular weight is 403 g/mol. The molecule has 0 aliphatic carbocycles. The Kier molecular flexibility index (Phi) is 17.8. The van der Waals surface area contributed by atoms with E-state index < -0.39 is 0 Å². The molecule has 0 aromatic heterocycles. The van der Waals surface area contributed by atoms with Gasteiger partial charge in [0.05, 0.1) is 0 Å². The van der Waals surface area contributed by atoms with Crippen LogP contribution in [0.1, 0.15) is 117 Å². The van der Waals surface area contributed by atoms with Gasteiger partial charge in [0, 0.05) is 19.3 Å². The predicted octanol–water partition coefficient (Wildman–Crippen LogP) is 6.51. The molecule has 5 heteroatoms. The van der Waals surface area contributed by atoms with Crippen LogP contribution in [0.4, 0.5) is 0 Å². The van der Waals surface area contributed by atoms with Crippen molar-refractivity contribution >= 4 is 28.6 Å². The van der Waals surface area contributed by atoms with Crippen molar-refractivity contribution in [3.05, 3.63) is 0 Å². The Balaban J connectivity index is 3.91. The van der Waals surface area contributed by atoms with Crippen LogP contribution in [-0.2, 0) is 19.1 Å². The SMILES string of the molecule is CCCC(=O)OC(CCCCCCCC(C)=O)CCCCCCCC(=O)Cl. The Bertz CT molecular complexity index is 381. The molecule has 1 atom stereocenters. The normalized spacial score (nSPS) is 12.0. The fraction of sp³-hybridized carbons (Fsp3) is 0.864. The van der Waals surface area contributed by atoms with Crippen molar-refractivity contribution in [2.75, 3.05) is 0 Å². The molecule has 1 unspecified atom stereocenters. The summed E-state index contributed by atoms with van der Waals surface area (Å²) >= 11 is 5.33. The summed E-state index contributed by atoms with van der Waals surface area (Å²) < 4.78 is 5.66. The molecule has 0 amide bonds. The number of rotatable bonds is 19. The molecule has 0 aromatic carbocycles. The molecule has 0 aliphatic rings. The van der Waals surface area contributed by atoms with Crippen LogP contribution >= 0.6 is 11.6 Å². The maximum Gasteiger partial charge on any atom is 0.306 e. The zero-order chi connectivity index (χ0) is 20.3. The third-order valence-corrected chi connectivity index (χ3v) is 4.90. The Labute approximate surface area is 170 Å². The molecule has 0 aliphatic heterocycles. The minimum absolute atomic E-state index is 0.0330. The molecule has 0 aromatic rings. The summed E-state index contributed by atoms with van der Waals surface area (Å²) in [4.78, 5) is 33.4. The van der Waals surface area contributed by atoms with Gasteiger partial charge in [-0.2, -0.15) is 0 Å². The first kappa shape index (κ1) is 26.1. The fourth-order valence-electron chi connectivity index (χ4n) is 3.15. The number of Topliss-reactive ketones (excluding diaryl/α,β-unsaturated/α-hetero) is 1. The van der Waals surface area contributed by atoms with Crippen LogP contribution in [-0.4, -0.2) is 23.1 Å². The van der Waals surface area contributed by atoms with Crippen LogP contribution < -0.4 is 0 Å². The van der Waals surface area contributed by atoms with Gasteiger partial charge in [-0.05, 0) is 63.5 Å². The number of hydrogen-bond acceptors (Lipinski definition) is 4. The van der Waals surface area contributed by atoms with E-state index in [2.05, 4.69) is 0 Å². The summed E-state index contributed by atoms with van der Waals surface area (Å²) in [5, 5.41) is -0.251. The molecule has 158 valence electrons. The molecular weight excluding hydrogens is 364 g/mol. The van der Waals surface area contributed by atoms with E-state index >= 15 is 0 Å². The minimum atomic E-state index is -0.251. The van der Waals surface area contributed by atoms with E-state index in [0.717, 1.165) is 83.5 Å². The van der Waals surface area contributed by atoms with Gasteiger partial charge in [-0.1, -0.05) is 45.4 Å². The Morgan fingerprint density at radius 3 is 1.70 bits per heavy atom. The molecule has 0 saturated carbocycles. The molecule has 0 heterocycles. The monoisotopic (exact) mass is 402 g/mol. The van der Waals surface area contributed by atoms with Crippen molar-refractivity contribution in [3.8, 4) is 0 Å². The molecule has 0 bridgehead atoms. The molecule has 0 radical (unpaired) electrons. The maximum atomic E-state index is 11.8. The number of ether oxygens (including phenoxy) is 1. The number of hydrogen-bond donors (Lipinski definition) is 0. The molecule has 0 N–H and O–H groups in total. The van der Waals surface area contributed by atoms with Crippen molar-refractivity contribution in [2.24, 2.45) is 0 Å². The van der Waals surface area contributed by atoms with Gasteiger partial charge in [0.1, 0.15) is 11.9 Å². The van der Waals surface area contributed by atoms with Gasteiger partial charge in [0.15, 0.2) is 0 Å². The minimum Gasteiger partial charge on any atom is -0.462 e. The predicted molar refractivity (Wildman–Crippen MR) is 111 cm³/mol. The first-order valence-electron chi connectivity index (χ1n) is 10.8. The summed E-state index contributed by atoms with van der Waals surface area (Å²) in [5.41, 5.74) is 0. The van der Waals surface area contributed by atoms with Crippen LogP contribution in [0.25, 0.3) is 0 Å². The standard InChI is InChI=1S/C22H39ClO4/c1-3-14-22(26)27-20(16-11-7-4-6-10-15-19(2)24)17-12-8-5-9-13-18-21(23)25/h20H,3-18H2,1-2H3. The number of halogens is 1. The van der Waals surface area contributed by atoms with Crippen LogP contribution in [0.15, 0.2) is 0 Å². The fourth-order valence-corrected chi connectivity index (χ4v) is 3.29. The molecule has 0 spiro atoms. The van der Waals surface area contributed by atoms with Crippen molar-refractivity contribution in [3.63, 3.8) is 0 Å². The number of unbranched alkanes of at least 4 members (excludes halogenated alkanes) is 8. The van der Waals surface area contributed by atoms with E-state index in [-0.39, 0.29) is 23.1 Å². The smallest absolute Gasteiger partial charge is 0.306 e. The van der Waals surface area contributed by atoms with Crippen LogP contribution in [0.3, 0.4) is 0 Å². The lowest BCUT2D eigenvalue weighted by atomic mass is 10.0. The zero-order valence-corrected chi connectivity index (χ0v) is 18.2. The maximum absolute atomic E-state index is 11.8. The van der Waals surface area contributed by atoms with Crippen LogP contribution in [0.5, 0.6) is 0 Å². The Morgan fingerprint density at radius 2 is 1.22 bits per heavy atom. The number of carbonyl (C=O) groups is 3. The lowest BCUT2D eigenvalue weighted by Crippen LogP contribution is -2.18. The molecular formula is C22H39ClO4. The highest BCUT2D eigenvalue weighted by Gasteiger charge is 2.13. The molecule has 4 nitrogen and oxygen atoms in total. The molecule has 27 heavy (non-hydrogen) atoms. The average Bonchev–Trinajstić information content (AvgIpc) is 2.59. The van der Waals surface area contributed by atoms with Gasteiger partial charge in [-0.25, -0.2) is 0 Å². The van der Waals surface area contributed by atoms with E-state index in [0.29, 0.717) is 19.3 Å². The molecule has 0 rings (SSSR count). The van der Waals surface area contributed by atoms with Crippen LogP contribution in [0, 0.1) is 0 Å². The second kappa shape index (κ2) is 18.5. The van der Waals surface area contributed by atoms with Crippen LogP contribution in [0.2, 0.25) is 0 Å². The molecule has 0 saturated heterocycles. The second-order valence-corrected chi connectivity index (χ2v) is 7.95. The topological polar surface area (TPSA) is 60.4 Å². The largest absolute Gasteiger partial charge is 0.462 e. The number of esters is 1. The van der Waals surface area contributed by atoms with E-state index in [1.54, 1.807) is 6.92 Å². The van der Waals surface area contributed by atoms with Crippen molar-refractivity contribution < 1.29 is 19.1 Å². The third-order valence-electron chi connectivity index (χ3n) is 4.71. The first-order chi connectivity index (χ1) is 13.0.